The lowest BCUT2D eigenvalue weighted by atomic mass is 9.99. The van der Waals surface area contributed by atoms with Gasteiger partial charge in [-0.2, -0.15) is 0 Å². The molecule has 2 heterocycles. The van der Waals surface area contributed by atoms with Gasteiger partial charge in [0.2, 0.25) is 0 Å². The van der Waals surface area contributed by atoms with Gasteiger partial charge in [0.05, 0.1) is 11.9 Å². The Morgan fingerprint density at radius 1 is 1.29 bits per heavy atom. The first kappa shape index (κ1) is 11.0. The summed E-state index contributed by atoms with van der Waals surface area (Å²) in [6.45, 7) is 2.23. The minimum absolute atomic E-state index is 0.744. The molecular weight excluding hydrogens is 278 g/mol. The summed E-state index contributed by atoms with van der Waals surface area (Å²) in [5, 5.41) is 3.28. The molecule has 1 aromatic heterocycles. The molecule has 0 saturated carbocycles. The molecule has 0 atom stereocenters. The summed E-state index contributed by atoms with van der Waals surface area (Å²) >= 11 is 3.56. The third kappa shape index (κ3) is 2.28. The zero-order chi connectivity index (χ0) is 11.7. The smallest absolute Gasteiger partial charge is 0.106 e. The molecule has 0 unspecified atom stereocenters. The molecule has 0 aliphatic carbocycles. The number of aromatic nitrogens is 2. The van der Waals surface area contributed by atoms with E-state index in [1.165, 1.54) is 0 Å². The maximum absolute atomic E-state index is 4.45. The van der Waals surface area contributed by atoms with Crippen LogP contribution in [0.15, 0.2) is 34.9 Å². The minimum Gasteiger partial charge on any atom is -0.342 e. The Morgan fingerprint density at radius 3 is 2.82 bits per heavy atom. The van der Waals surface area contributed by atoms with Crippen molar-refractivity contribution in [1.29, 1.82) is 0 Å². The molecule has 3 rings (SSSR count). The third-order valence-electron chi connectivity index (χ3n) is 3.14. The van der Waals surface area contributed by atoms with Gasteiger partial charge < -0.3 is 10.3 Å². The molecule has 17 heavy (non-hydrogen) atoms. The molecule has 2 aromatic rings. The number of halogens is 1. The highest BCUT2D eigenvalue weighted by atomic mass is 79.9. The SMILES string of the molecule is Brc1ccccc1-c1cnc(CC2CNC2)[nH]1. The highest BCUT2D eigenvalue weighted by Crippen LogP contribution is 2.26. The molecule has 1 aliphatic rings. The monoisotopic (exact) mass is 291 g/mol. The Kier molecular flexibility index (Phi) is 2.99. The number of hydrogen-bond acceptors (Lipinski definition) is 2. The first-order valence-corrected chi connectivity index (χ1v) is 6.62. The first-order chi connectivity index (χ1) is 8.33. The predicted octanol–water partition coefficient (Wildman–Crippen LogP) is 2.60. The maximum atomic E-state index is 4.45. The Morgan fingerprint density at radius 2 is 2.12 bits per heavy atom. The van der Waals surface area contributed by atoms with E-state index in [1.54, 1.807) is 0 Å². The molecule has 88 valence electrons. The van der Waals surface area contributed by atoms with Crippen molar-refractivity contribution in [3.05, 3.63) is 40.8 Å². The molecule has 0 bridgehead atoms. The van der Waals surface area contributed by atoms with Crippen LogP contribution in [-0.4, -0.2) is 23.1 Å². The number of benzene rings is 1. The normalized spacial score (nSPS) is 15.8. The average molecular weight is 292 g/mol. The number of nitrogens with zero attached hydrogens (tertiary/aromatic N) is 1. The number of aromatic amines is 1. The molecule has 1 saturated heterocycles. The summed E-state index contributed by atoms with van der Waals surface area (Å²) in [7, 11) is 0. The van der Waals surface area contributed by atoms with Gasteiger partial charge in [0.1, 0.15) is 5.82 Å². The van der Waals surface area contributed by atoms with Crippen LogP contribution in [-0.2, 0) is 6.42 Å². The van der Waals surface area contributed by atoms with Crippen LogP contribution >= 0.6 is 15.9 Å². The molecule has 2 N–H and O–H groups in total. The van der Waals surface area contributed by atoms with Gasteiger partial charge in [-0.1, -0.05) is 34.1 Å². The van der Waals surface area contributed by atoms with Gasteiger partial charge in [0.15, 0.2) is 0 Å². The van der Waals surface area contributed by atoms with Gasteiger partial charge in [-0.25, -0.2) is 4.98 Å². The van der Waals surface area contributed by atoms with Crippen molar-refractivity contribution in [2.24, 2.45) is 5.92 Å². The Hall–Kier alpha value is -1.13. The van der Waals surface area contributed by atoms with E-state index in [0.717, 1.165) is 47.0 Å². The van der Waals surface area contributed by atoms with Crippen LogP contribution in [0.5, 0.6) is 0 Å². The topological polar surface area (TPSA) is 40.7 Å². The second-order valence-electron chi connectivity index (χ2n) is 4.45. The summed E-state index contributed by atoms with van der Waals surface area (Å²) < 4.78 is 1.10. The maximum Gasteiger partial charge on any atom is 0.106 e. The van der Waals surface area contributed by atoms with Crippen LogP contribution in [0.4, 0.5) is 0 Å². The molecule has 4 heteroatoms. The number of hydrogen-bond donors (Lipinski definition) is 2. The summed E-state index contributed by atoms with van der Waals surface area (Å²) in [6, 6.07) is 8.19. The summed E-state index contributed by atoms with van der Waals surface area (Å²) in [5.74, 6) is 1.83. The molecule has 0 radical (unpaired) electrons. The third-order valence-corrected chi connectivity index (χ3v) is 3.83. The lowest BCUT2D eigenvalue weighted by molar-refractivity contribution is 0.342. The van der Waals surface area contributed by atoms with E-state index in [1.807, 2.05) is 24.4 Å². The van der Waals surface area contributed by atoms with Gasteiger partial charge in [-0.15, -0.1) is 0 Å². The molecule has 0 amide bonds. The van der Waals surface area contributed by atoms with Crippen molar-refractivity contribution < 1.29 is 0 Å². The molecular formula is C13H14BrN3. The van der Waals surface area contributed by atoms with Gasteiger partial charge in [-0.05, 0) is 25.1 Å². The van der Waals surface area contributed by atoms with Crippen LogP contribution in [0.3, 0.4) is 0 Å². The molecule has 0 spiro atoms. The van der Waals surface area contributed by atoms with E-state index < -0.39 is 0 Å². The number of nitrogens with one attached hydrogen (secondary N) is 2. The highest BCUT2D eigenvalue weighted by molar-refractivity contribution is 9.10. The fourth-order valence-electron chi connectivity index (χ4n) is 2.05. The predicted molar refractivity (Wildman–Crippen MR) is 71.8 cm³/mol. The van der Waals surface area contributed by atoms with Crippen LogP contribution in [0.25, 0.3) is 11.3 Å². The van der Waals surface area contributed by atoms with E-state index in [2.05, 4.69) is 37.3 Å². The van der Waals surface area contributed by atoms with Crippen molar-refractivity contribution in [2.45, 2.75) is 6.42 Å². The highest BCUT2D eigenvalue weighted by Gasteiger charge is 2.18. The van der Waals surface area contributed by atoms with Gasteiger partial charge in [0, 0.05) is 16.5 Å². The van der Waals surface area contributed by atoms with Gasteiger partial charge in [0.25, 0.3) is 0 Å². The fraction of sp³-hybridized carbons (Fsp3) is 0.308. The number of rotatable bonds is 3. The quantitative estimate of drug-likeness (QED) is 0.913. The van der Waals surface area contributed by atoms with E-state index >= 15 is 0 Å². The van der Waals surface area contributed by atoms with Crippen molar-refractivity contribution in [2.75, 3.05) is 13.1 Å². The van der Waals surface area contributed by atoms with E-state index in [0.29, 0.717) is 0 Å². The van der Waals surface area contributed by atoms with E-state index in [4.69, 9.17) is 0 Å². The lowest BCUT2D eigenvalue weighted by Gasteiger charge is -2.25. The van der Waals surface area contributed by atoms with E-state index in [9.17, 15) is 0 Å². The fourth-order valence-corrected chi connectivity index (χ4v) is 2.55. The summed E-state index contributed by atoms with van der Waals surface area (Å²) in [4.78, 5) is 7.85. The second-order valence-corrected chi connectivity index (χ2v) is 5.31. The van der Waals surface area contributed by atoms with Crippen LogP contribution < -0.4 is 5.32 Å². The Bertz CT molecular complexity index is 517. The average Bonchev–Trinajstić information content (AvgIpc) is 2.73. The van der Waals surface area contributed by atoms with Crippen molar-refractivity contribution in [3.63, 3.8) is 0 Å². The zero-order valence-corrected chi connectivity index (χ0v) is 11.0. The largest absolute Gasteiger partial charge is 0.342 e. The summed E-state index contributed by atoms with van der Waals surface area (Å²) in [6.07, 6.45) is 2.96. The van der Waals surface area contributed by atoms with Gasteiger partial charge in [-0.3, -0.25) is 0 Å². The second kappa shape index (κ2) is 4.63. The molecule has 1 aromatic carbocycles. The standard InChI is InChI=1S/C13H14BrN3/c14-11-4-2-1-3-10(11)12-8-16-13(17-12)5-9-6-15-7-9/h1-4,8-9,15H,5-7H2,(H,16,17). The zero-order valence-electron chi connectivity index (χ0n) is 9.41. The number of imidazole rings is 1. The summed E-state index contributed by atoms with van der Waals surface area (Å²) in [5.41, 5.74) is 2.25. The van der Waals surface area contributed by atoms with Crippen LogP contribution in [0.1, 0.15) is 5.82 Å². The van der Waals surface area contributed by atoms with Crippen LogP contribution in [0.2, 0.25) is 0 Å². The Labute approximate surface area is 109 Å². The first-order valence-electron chi connectivity index (χ1n) is 5.82. The van der Waals surface area contributed by atoms with Gasteiger partial charge >= 0.3 is 0 Å². The van der Waals surface area contributed by atoms with Crippen molar-refractivity contribution >= 4 is 15.9 Å². The van der Waals surface area contributed by atoms with Crippen molar-refractivity contribution in [1.82, 2.24) is 15.3 Å². The minimum atomic E-state index is 0.744. The molecule has 1 aliphatic heterocycles. The number of H-pyrrole nitrogens is 1. The molecule has 3 nitrogen and oxygen atoms in total. The lowest BCUT2D eigenvalue weighted by Crippen LogP contribution is -2.43. The van der Waals surface area contributed by atoms with Crippen LogP contribution in [0, 0.1) is 5.92 Å². The van der Waals surface area contributed by atoms with Crippen molar-refractivity contribution in [3.8, 4) is 11.3 Å². The Balaban J connectivity index is 1.82. The molecule has 1 fully saturated rings. The van der Waals surface area contributed by atoms with E-state index in [-0.39, 0.29) is 0 Å².